The summed E-state index contributed by atoms with van der Waals surface area (Å²) >= 11 is 6.10. The van der Waals surface area contributed by atoms with Gasteiger partial charge in [0.2, 0.25) is 5.82 Å². The molecule has 0 bridgehead atoms. The van der Waals surface area contributed by atoms with Gasteiger partial charge in [-0.05, 0) is 30.3 Å². The first-order valence-corrected chi connectivity index (χ1v) is 10.0. The second-order valence-electron chi connectivity index (χ2n) is 6.82. The van der Waals surface area contributed by atoms with Gasteiger partial charge in [0.15, 0.2) is 11.5 Å². The zero-order valence-corrected chi connectivity index (χ0v) is 17.5. The largest absolute Gasteiger partial charge is 0.493 e. The monoisotopic (exact) mass is 441 g/mol. The highest BCUT2D eigenvalue weighted by molar-refractivity contribution is 6.30. The number of piperazine rings is 1. The van der Waals surface area contributed by atoms with Crippen LogP contribution < -0.4 is 19.3 Å². The quantitative estimate of drug-likeness (QED) is 0.415. The minimum atomic E-state index is -0.510. The van der Waals surface area contributed by atoms with Gasteiger partial charge in [-0.2, -0.15) is 4.98 Å². The predicted octanol–water partition coefficient (Wildman–Crippen LogP) is 4.17. The minimum absolute atomic E-state index is 0.128. The second kappa shape index (κ2) is 9.05. The molecule has 31 heavy (non-hydrogen) atoms. The van der Waals surface area contributed by atoms with Crippen molar-refractivity contribution in [1.82, 2.24) is 9.97 Å². The van der Waals surface area contributed by atoms with Crippen molar-refractivity contribution in [3.05, 3.63) is 70.0 Å². The summed E-state index contributed by atoms with van der Waals surface area (Å²) in [7, 11) is 1.50. The van der Waals surface area contributed by atoms with E-state index >= 15 is 0 Å². The van der Waals surface area contributed by atoms with E-state index in [4.69, 9.17) is 21.1 Å². The molecule has 1 saturated heterocycles. The van der Waals surface area contributed by atoms with Gasteiger partial charge in [-0.25, -0.2) is 4.98 Å². The molecular formula is C21H20ClN5O4. The molecule has 2 aromatic carbocycles. The molecule has 10 heteroatoms. The van der Waals surface area contributed by atoms with Gasteiger partial charge in [-0.15, -0.1) is 0 Å². The topological polar surface area (TPSA) is 93.9 Å². The van der Waals surface area contributed by atoms with E-state index in [9.17, 15) is 10.1 Å². The fourth-order valence-electron chi connectivity index (χ4n) is 3.48. The van der Waals surface area contributed by atoms with E-state index in [1.165, 1.54) is 13.4 Å². The molecule has 9 nitrogen and oxygen atoms in total. The summed E-state index contributed by atoms with van der Waals surface area (Å²) < 4.78 is 11.0. The lowest BCUT2D eigenvalue weighted by Gasteiger charge is -2.36. The third-order valence-corrected chi connectivity index (χ3v) is 5.22. The molecule has 0 saturated carbocycles. The minimum Gasteiger partial charge on any atom is -0.493 e. The lowest BCUT2D eigenvalue weighted by atomic mass is 10.2. The van der Waals surface area contributed by atoms with Crippen LogP contribution in [0.3, 0.4) is 0 Å². The molecule has 0 atom stereocenters. The number of hydrogen-bond acceptors (Lipinski definition) is 8. The van der Waals surface area contributed by atoms with Crippen LogP contribution in [0, 0.1) is 10.1 Å². The van der Waals surface area contributed by atoms with Crippen molar-refractivity contribution in [3.8, 4) is 17.4 Å². The first-order chi connectivity index (χ1) is 15.1. The van der Waals surface area contributed by atoms with Crippen LogP contribution in [0.2, 0.25) is 5.02 Å². The number of methoxy groups -OCH3 is 1. The van der Waals surface area contributed by atoms with Gasteiger partial charge in [-0.1, -0.05) is 29.8 Å². The lowest BCUT2D eigenvalue weighted by molar-refractivity contribution is -0.385. The molecule has 0 amide bonds. The van der Waals surface area contributed by atoms with Crippen LogP contribution in [0.4, 0.5) is 17.2 Å². The Kier molecular flexibility index (Phi) is 6.03. The Hall–Kier alpha value is -3.59. The summed E-state index contributed by atoms with van der Waals surface area (Å²) in [5.74, 6) is 0.892. The fraction of sp³-hybridized carbons (Fsp3) is 0.238. The van der Waals surface area contributed by atoms with Gasteiger partial charge in [0.25, 0.3) is 0 Å². The molecule has 0 spiro atoms. The molecule has 1 aliphatic heterocycles. The van der Waals surface area contributed by atoms with Crippen LogP contribution in [0.25, 0.3) is 0 Å². The summed E-state index contributed by atoms with van der Waals surface area (Å²) in [6.45, 7) is 2.45. The van der Waals surface area contributed by atoms with Crippen molar-refractivity contribution in [2.75, 3.05) is 43.1 Å². The van der Waals surface area contributed by atoms with Crippen LogP contribution in [0.5, 0.6) is 17.4 Å². The Balaban J connectivity index is 1.58. The first-order valence-electron chi connectivity index (χ1n) is 9.62. The van der Waals surface area contributed by atoms with Gasteiger partial charge in [0.05, 0.1) is 12.0 Å². The van der Waals surface area contributed by atoms with Crippen molar-refractivity contribution < 1.29 is 14.4 Å². The molecule has 0 radical (unpaired) electrons. The van der Waals surface area contributed by atoms with Crippen LogP contribution in [-0.4, -0.2) is 48.2 Å². The zero-order chi connectivity index (χ0) is 21.8. The fourth-order valence-corrected chi connectivity index (χ4v) is 3.66. The van der Waals surface area contributed by atoms with E-state index in [-0.39, 0.29) is 17.4 Å². The molecule has 1 fully saturated rings. The van der Waals surface area contributed by atoms with Gasteiger partial charge in [0, 0.05) is 36.9 Å². The van der Waals surface area contributed by atoms with E-state index in [0.29, 0.717) is 42.7 Å². The third kappa shape index (κ3) is 4.46. The number of aromatic nitrogens is 2. The highest BCUT2D eigenvalue weighted by Gasteiger charge is 2.31. The summed E-state index contributed by atoms with van der Waals surface area (Å²) in [4.78, 5) is 23.7. The Bertz CT molecular complexity index is 1090. The molecule has 4 rings (SSSR count). The zero-order valence-electron chi connectivity index (χ0n) is 16.8. The summed E-state index contributed by atoms with van der Waals surface area (Å²) in [5, 5.41) is 12.6. The van der Waals surface area contributed by atoms with E-state index in [2.05, 4.69) is 14.9 Å². The average Bonchev–Trinajstić information content (AvgIpc) is 2.79. The third-order valence-electron chi connectivity index (χ3n) is 4.98. The van der Waals surface area contributed by atoms with Crippen molar-refractivity contribution in [2.24, 2.45) is 0 Å². The molecule has 3 aromatic rings. The SMILES string of the molecule is COc1ccccc1Oc1ncnc(N2CCN(c3cccc(Cl)c3)CC2)c1[N+](=O)[O-]. The predicted molar refractivity (Wildman–Crippen MR) is 118 cm³/mol. The van der Waals surface area contributed by atoms with Crippen LogP contribution in [0.1, 0.15) is 0 Å². The maximum atomic E-state index is 11.9. The smallest absolute Gasteiger partial charge is 0.373 e. The number of hydrogen-bond donors (Lipinski definition) is 0. The van der Waals surface area contributed by atoms with Crippen molar-refractivity contribution >= 4 is 28.8 Å². The van der Waals surface area contributed by atoms with Crippen LogP contribution >= 0.6 is 11.6 Å². The summed E-state index contributed by atoms with van der Waals surface area (Å²) in [6, 6.07) is 14.5. The van der Waals surface area contributed by atoms with Gasteiger partial charge < -0.3 is 19.3 Å². The summed E-state index contributed by atoms with van der Waals surface area (Å²) in [5.41, 5.74) is 0.745. The molecule has 0 unspecified atom stereocenters. The molecule has 0 aliphatic carbocycles. The number of halogens is 1. The highest BCUT2D eigenvalue weighted by atomic mass is 35.5. The second-order valence-corrected chi connectivity index (χ2v) is 7.25. The Morgan fingerprint density at radius 2 is 1.71 bits per heavy atom. The number of anilines is 2. The van der Waals surface area contributed by atoms with E-state index in [0.717, 1.165) is 5.69 Å². The van der Waals surface area contributed by atoms with E-state index in [1.54, 1.807) is 24.3 Å². The maximum absolute atomic E-state index is 11.9. The van der Waals surface area contributed by atoms with Crippen LogP contribution in [-0.2, 0) is 0 Å². The van der Waals surface area contributed by atoms with Crippen molar-refractivity contribution in [3.63, 3.8) is 0 Å². The number of benzene rings is 2. The van der Waals surface area contributed by atoms with E-state index < -0.39 is 4.92 Å². The normalized spacial score (nSPS) is 13.7. The summed E-state index contributed by atoms with van der Waals surface area (Å²) in [6.07, 6.45) is 1.27. The van der Waals surface area contributed by atoms with Crippen LogP contribution in [0.15, 0.2) is 54.9 Å². The molecular weight excluding hydrogens is 422 g/mol. The van der Waals surface area contributed by atoms with Gasteiger partial charge in [-0.3, -0.25) is 10.1 Å². The van der Waals surface area contributed by atoms with Crippen molar-refractivity contribution in [1.29, 1.82) is 0 Å². The molecule has 1 aromatic heterocycles. The van der Waals surface area contributed by atoms with E-state index in [1.807, 2.05) is 29.2 Å². The van der Waals surface area contributed by atoms with Gasteiger partial charge >= 0.3 is 11.6 Å². The van der Waals surface area contributed by atoms with Crippen molar-refractivity contribution in [2.45, 2.75) is 0 Å². The number of nitrogens with zero attached hydrogens (tertiary/aromatic N) is 5. The molecule has 2 heterocycles. The molecule has 160 valence electrons. The molecule has 1 aliphatic rings. The lowest BCUT2D eigenvalue weighted by Crippen LogP contribution is -2.47. The first kappa shape index (κ1) is 20.7. The molecule has 0 N–H and O–H groups in total. The van der Waals surface area contributed by atoms with Gasteiger partial charge in [0.1, 0.15) is 6.33 Å². The Morgan fingerprint density at radius 1 is 1.00 bits per heavy atom. The Labute approximate surface area is 184 Å². The number of ether oxygens (including phenoxy) is 2. The highest BCUT2D eigenvalue weighted by Crippen LogP contribution is 2.39. The average molecular weight is 442 g/mol. The number of nitro groups is 1. The standard InChI is InChI=1S/C21H20ClN5O4/c1-30-17-7-2-3-8-18(17)31-21-19(27(28)29)20(23-14-24-21)26-11-9-25(10-12-26)16-6-4-5-15(22)13-16/h2-8,13-14H,9-12H2,1H3. The number of rotatable bonds is 6. The number of para-hydroxylation sites is 2. The maximum Gasteiger partial charge on any atom is 0.373 e. The Morgan fingerprint density at radius 3 is 2.39 bits per heavy atom.